The average Bonchev–Trinajstić information content (AvgIpc) is 2.83. The highest BCUT2D eigenvalue weighted by Crippen LogP contribution is 2.29. The topological polar surface area (TPSA) is 52.0 Å². The second kappa shape index (κ2) is 6.59. The summed E-state index contributed by atoms with van der Waals surface area (Å²) in [5, 5.41) is 0. The third-order valence-corrected chi connectivity index (χ3v) is 5.52. The van der Waals surface area contributed by atoms with Crippen LogP contribution in [0.15, 0.2) is 58.6 Å². The zero-order valence-electron chi connectivity index (χ0n) is 15.2. The highest BCUT2D eigenvalue weighted by Gasteiger charge is 2.24. The maximum absolute atomic E-state index is 13.2. The Morgan fingerprint density at radius 1 is 1.32 bits per heavy atom. The molecule has 0 fully saturated rings. The summed E-state index contributed by atoms with van der Waals surface area (Å²) in [7, 11) is -1.96. The minimum Gasteiger partial charge on any atom is -0.331 e. The van der Waals surface area contributed by atoms with Gasteiger partial charge in [0.15, 0.2) is 0 Å². The van der Waals surface area contributed by atoms with E-state index in [2.05, 4.69) is 11.6 Å². The molecular weight excluding hydrogens is 339 g/mol. The summed E-state index contributed by atoms with van der Waals surface area (Å²) in [6.07, 6.45) is 3.81. The van der Waals surface area contributed by atoms with Crippen LogP contribution in [-0.2, 0) is 22.3 Å². The summed E-state index contributed by atoms with van der Waals surface area (Å²) in [5.41, 5.74) is 1.26. The number of rotatable bonds is 4. The fourth-order valence-electron chi connectivity index (χ4n) is 2.69. The SMILES string of the molecule is C=C(F)/C=C(\C=C/C)S(=O)(=O)c1ccc2c(c1)nc(C(C)(C)C)n2C. The monoisotopic (exact) mass is 362 g/mol. The molecule has 0 spiro atoms. The van der Waals surface area contributed by atoms with Crippen molar-refractivity contribution in [2.24, 2.45) is 7.05 Å². The lowest BCUT2D eigenvalue weighted by atomic mass is 9.96. The van der Waals surface area contributed by atoms with Crippen LogP contribution in [0.1, 0.15) is 33.5 Å². The van der Waals surface area contributed by atoms with Gasteiger partial charge in [-0.25, -0.2) is 17.8 Å². The maximum atomic E-state index is 13.2. The zero-order valence-corrected chi connectivity index (χ0v) is 16.0. The molecule has 2 rings (SSSR count). The van der Waals surface area contributed by atoms with Crippen LogP contribution in [0.25, 0.3) is 11.0 Å². The molecule has 1 aromatic carbocycles. The van der Waals surface area contributed by atoms with E-state index in [-0.39, 0.29) is 15.2 Å². The molecule has 0 unspecified atom stereocenters. The van der Waals surface area contributed by atoms with E-state index in [0.29, 0.717) is 5.52 Å². The van der Waals surface area contributed by atoms with Crippen molar-refractivity contribution in [3.63, 3.8) is 0 Å². The summed E-state index contributed by atoms with van der Waals surface area (Å²) >= 11 is 0. The Morgan fingerprint density at radius 3 is 2.48 bits per heavy atom. The Labute approximate surface area is 148 Å². The largest absolute Gasteiger partial charge is 0.331 e. The van der Waals surface area contributed by atoms with Gasteiger partial charge in [0.2, 0.25) is 9.84 Å². The van der Waals surface area contributed by atoms with Crippen molar-refractivity contribution in [1.82, 2.24) is 9.55 Å². The number of benzene rings is 1. The molecule has 0 aliphatic rings. The number of hydrogen-bond donors (Lipinski definition) is 0. The second-order valence-corrected chi connectivity index (χ2v) is 8.84. The van der Waals surface area contributed by atoms with Crippen molar-refractivity contribution in [2.75, 3.05) is 0 Å². The van der Waals surface area contributed by atoms with E-state index < -0.39 is 15.7 Å². The molecule has 0 amide bonds. The Morgan fingerprint density at radius 2 is 1.96 bits per heavy atom. The summed E-state index contributed by atoms with van der Waals surface area (Å²) < 4.78 is 40.8. The fraction of sp³-hybridized carbons (Fsp3) is 0.316. The number of nitrogens with zero attached hydrogens (tertiary/aromatic N) is 2. The molecule has 2 aromatic rings. The predicted octanol–water partition coefficient (Wildman–Crippen LogP) is 4.59. The van der Waals surface area contributed by atoms with E-state index in [1.807, 2.05) is 32.4 Å². The van der Waals surface area contributed by atoms with E-state index in [0.717, 1.165) is 17.4 Å². The van der Waals surface area contributed by atoms with Gasteiger partial charge < -0.3 is 4.57 Å². The van der Waals surface area contributed by atoms with Gasteiger partial charge in [-0.05, 0) is 37.3 Å². The van der Waals surface area contributed by atoms with Crippen LogP contribution in [0.3, 0.4) is 0 Å². The van der Waals surface area contributed by atoms with Crippen LogP contribution in [0.2, 0.25) is 0 Å². The molecule has 4 nitrogen and oxygen atoms in total. The molecule has 0 aliphatic carbocycles. The van der Waals surface area contributed by atoms with Crippen LogP contribution in [-0.4, -0.2) is 18.0 Å². The number of hydrogen-bond acceptors (Lipinski definition) is 3. The molecule has 0 radical (unpaired) electrons. The first-order chi connectivity index (χ1) is 11.5. The zero-order chi connectivity index (χ0) is 19.0. The summed E-state index contributed by atoms with van der Waals surface area (Å²) in [5.74, 6) is 0.0454. The van der Waals surface area contributed by atoms with E-state index in [1.54, 1.807) is 19.1 Å². The van der Waals surface area contributed by atoms with Gasteiger partial charge >= 0.3 is 0 Å². The van der Waals surface area contributed by atoms with Crippen molar-refractivity contribution in [2.45, 2.75) is 38.0 Å². The van der Waals surface area contributed by atoms with Gasteiger partial charge in [-0.2, -0.15) is 0 Å². The van der Waals surface area contributed by atoms with Crippen LogP contribution < -0.4 is 0 Å². The van der Waals surface area contributed by atoms with E-state index >= 15 is 0 Å². The summed E-state index contributed by atoms with van der Waals surface area (Å²) in [6, 6.07) is 4.77. The number of aryl methyl sites for hydroxylation is 1. The molecule has 1 heterocycles. The van der Waals surface area contributed by atoms with Gasteiger partial charge in [0.1, 0.15) is 11.7 Å². The second-order valence-electron chi connectivity index (χ2n) is 6.89. The van der Waals surface area contributed by atoms with Crippen LogP contribution >= 0.6 is 0 Å². The molecule has 0 atom stereocenters. The molecule has 0 saturated heterocycles. The van der Waals surface area contributed by atoms with Crippen molar-refractivity contribution >= 4 is 20.9 Å². The van der Waals surface area contributed by atoms with Gasteiger partial charge in [0.05, 0.1) is 20.8 Å². The average molecular weight is 362 g/mol. The first-order valence-electron chi connectivity index (χ1n) is 7.89. The standard InChI is InChI=1S/C19H23FN2O2S/c1-7-8-14(11-13(2)20)25(23,24)15-9-10-17-16(12-15)21-18(22(17)6)19(3,4)5/h7-12H,2H2,1,3-6H3/b8-7-,14-11+. The first-order valence-corrected chi connectivity index (χ1v) is 9.37. The minimum absolute atomic E-state index is 0.0733. The predicted molar refractivity (Wildman–Crippen MR) is 99.7 cm³/mol. The quantitative estimate of drug-likeness (QED) is 0.748. The van der Waals surface area contributed by atoms with Gasteiger partial charge in [-0.3, -0.25) is 0 Å². The summed E-state index contributed by atoms with van der Waals surface area (Å²) in [6.45, 7) is 10.9. The lowest BCUT2D eigenvalue weighted by molar-refractivity contribution is 0.526. The molecule has 0 bridgehead atoms. The van der Waals surface area contributed by atoms with Gasteiger partial charge in [-0.1, -0.05) is 33.4 Å². The fourth-order valence-corrected chi connectivity index (χ4v) is 4.07. The van der Waals surface area contributed by atoms with Gasteiger partial charge in [0, 0.05) is 12.5 Å². The normalized spacial score (nSPS) is 13.8. The Hall–Kier alpha value is -2.21. The molecule has 0 N–H and O–H groups in total. The minimum atomic E-state index is -3.86. The molecule has 0 aliphatic heterocycles. The number of fused-ring (bicyclic) bond motifs is 1. The number of imidazole rings is 1. The Bertz CT molecular complexity index is 990. The third kappa shape index (κ3) is 3.74. The Balaban J connectivity index is 2.67. The lowest BCUT2D eigenvalue weighted by Crippen LogP contribution is -2.17. The van der Waals surface area contributed by atoms with Crippen LogP contribution in [0.4, 0.5) is 4.39 Å². The number of aromatic nitrogens is 2. The maximum Gasteiger partial charge on any atom is 0.206 e. The number of halogens is 1. The number of sulfone groups is 1. The molecule has 25 heavy (non-hydrogen) atoms. The number of allylic oxidation sites excluding steroid dienone is 4. The highest BCUT2D eigenvalue weighted by atomic mass is 32.2. The van der Waals surface area contributed by atoms with E-state index in [4.69, 9.17) is 0 Å². The molecule has 6 heteroatoms. The van der Waals surface area contributed by atoms with Crippen LogP contribution in [0.5, 0.6) is 0 Å². The van der Waals surface area contributed by atoms with Gasteiger partial charge in [-0.15, -0.1) is 0 Å². The highest BCUT2D eigenvalue weighted by molar-refractivity contribution is 7.95. The van der Waals surface area contributed by atoms with Crippen molar-refractivity contribution < 1.29 is 12.8 Å². The van der Waals surface area contributed by atoms with E-state index in [9.17, 15) is 12.8 Å². The molecular formula is C19H23FN2O2S. The molecule has 0 saturated carbocycles. The summed E-state index contributed by atoms with van der Waals surface area (Å²) in [4.78, 5) is 4.52. The van der Waals surface area contributed by atoms with Crippen molar-refractivity contribution in [3.8, 4) is 0 Å². The third-order valence-electron chi connectivity index (χ3n) is 3.77. The van der Waals surface area contributed by atoms with E-state index in [1.165, 1.54) is 18.2 Å². The smallest absolute Gasteiger partial charge is 0.206 e. The van der Waals surface area contributed by atoms with Crippen molar-refractivity contribution in [3.05, 3.63) is 59.6 Å². The van der Waals surface area contributed by atoms with Crippen molar-refractivity contribution in [1.29, 1.82) is 0 Å². The lowest BCUT2D eigenvalue weighted by Gasteiger charge is -2.17. The molecule has 134 valence electrons. The van der Waals surface area contributed by atoms with Crippen LogP contribution in [0, 0.1) is 0 Å². The molecule has 1 aromatic heterocycles. The van der Waals surface area contributed by atoms with Gasteiger partial charge in [0.25, 0.3) is 0 Å². The Kier molecular flexibility index (Phi) is 5.04. The first kappa shape index (κ1) is 19.1.